The first-order valence-corrected chi connectivity index (χ1v) is 5.83. The minimum atomic E-state index is -0.677. The van der Waals surface area contributed by atoms with Gasteiger partial charge in [0, 0.05) is 6.54 Å². The third-order valence-electron chi connectivity index (χ3n) is 3.28. The molecule has 6 heteroatoms. The molecule has 1 aromatic heterocycles. The Morgan fingerprint density at radius 2 is 1.94 bits per heavy atom. The Morgan fingerprint density at radius 3 is 2.53 bits per heavy atom. The lowest BCUT2D eigenvalue weighted by Gasteiger charge is -2.29. The summed E-state index contributed by atoms with van der Waals surface area (Å²) in [5.74, 6) is 0.395. The summed E-state index contributed by atoms with van der Waals surface area (Å²) >= 11 is 0. The number of hydrogen-bond acceptors (Lipinski definition) is 4. The van der Waals surface area contributed by atoms with Crippen molar-refractivity contribution in [2.24, 2.45) is 5.92 Å². The molecule has 17 heavy (non-hydrogen) atoms. The first-order valence-electron chi connectivity index (χ1n) is 5.83. The van der Waals surface area contributed by atoms with Gasteiger partial charge in [-0.05, 0) is 31.8 Å². The molecular formula is C11H17N3O3. The number of aromatic nitrogens is 2. The number of nitrogens with one attached hydrogen (secondary N) is 2. The van der Waals surface area contributed by atoms with Crippen LogP contribution in [-0.4, -0.2) is 33.1 Å². The van der Waals surface area contributed by atoms with Crippen molar-refractivity contribution >= 4 is 0 Å². The van der Waals surface area contributed by atoms with Gasteiger partial charge in [0.25, 0.3) is 5.56 Å². The fraction of sp³-hybridized carbons (Fsp3) is 0.636. The van der Waals surface area contributed by atoms with Gasteiger partial charge >= 0.3 is 5.69 Å². The number of hydrogen-bond donors (Lipinski definition) is 3. The van der Waals surface area contributed by atoms with Gasteiger partial charge in [0.15, 0.2) is 0 Å². The van der Waals surface area contributed by atoms with Crippen LogP contribution in [0.15, 0.2) is 9.59 Å². The number of H-pyrrole nitrogens is 2. The third-order valence-corrected chi connectivity index (χ3v) is 3.28. The Balaban J connectivity index is 2.14. The summed E-state index contributed by atoms with van der Waals surface area (Å²) in [6.07, 6.45) is 2.20. The number of aromatic amines is 2. The molecule has 1 aliphatic heterocycles. The molecule has 3 N–H and O–H groups in total. The molecule has 0 unspecified atom stereocenters. The summed E-state index contributed by atoms with van der Waals surface area (Å²) < 4.78 is 0. The van der Waals surface area contributed by atoms with Crippen LogP contribution in [0.1, 0.15) is 25.3 Å². The molecule has 0 aliphatic carbocycles. The highest BCUT2D eigenvalue weighted by molar-refractivity contribution is 5.20. The van der Waals surface area contributed by atoms with E-state index in [1.807, 2.05) is 0 Å². The molecule has 0 saturated carbocycles. The fourth-order valence-electron chi connectivity index (χ4n) is 2.09. The largest absolute Gasteiger partial charge is 0.494 e. The molecule has 94 valence electrons. The van der Waals surface area contributed by atoms with Crippen LogP contribution >= 0.6 is 0 Å². The van der Waals surface area contributed by atoms with Crippen molar-refractivity contribution in [3.63, 3.8) is 0 Å². The van der Waals surface area contributed by atoms with E-state index in [0.29, 0.717) is 12.5 Å². The van der Waals surface area contributed by atoms with Crippen LogP contribution in [0.3, 0.4) is 0 Å². The molecule has 1 saturated heterocycles. The maximum atomic E-state index is 11.5. The van der Waals surface area contributed by atoms with Gasteiger partial charge in [0.05, 0.1) is 5.56 Å². The zero-order chi connectivity index (χ0) is 12.4. The van der Waals surface area contributed by atoms with Gasteiger partial charge in [-0.3, -0.25) is 19.7 Å². The Kier molecular flexibility index (Phi) is 3.33. The zero-order valence-electron chi connectivity index (χ0n) is 9.82. The normalized spacial score (nSPS) is 18.4. The summed E-state index contributed by atoms with van der Waals surface area (Å²) in [7, 11) is 0. The maximum absolute atomic E-state index is 11.5. The van der Waals surface area contributed by atoms with Gasteiger partial charge in [0.2, 0.25) is 5.88 Å². The van der Waals surface area contributed by atoms with E-state index in [1.165, 1.54) is 0 Å². The highest BCUT2D eigenvalue weighted by atomic mass is 16.3. The van der Waals surface area contributed by atoms with Crippen molar-refractivity contribution in [1.29, 1.82) is 0 Å². The van der Waals surface area contributed by atoms with E-state index in [-0.39, 0.29) is 11.4 Å². The van der Waals surface area contributed by atoms with Gasteiger partial charge in [-0.1, -0.05) is 6.92 Å². The molecule has 0 atom stereocenters. The topological polar surface area (TPSA) is 89.2 Å². The van der Waals surface area contributed by atoms with Gasteiger partial charge in [0.1, 0.15) is 0 Å². The van der Waals surface area contributed by atoms with E-state index in [2.05, 4.69) is 21.8 Å². The van der Waals surface area contributed by atoms with E-state index >= 15 is 0 Å². The molecule has 0 aromatic carbocycles. The second kappa shape index (κ2) is 4.75. The van der Waals surface area contributed by atoms with Gasteiger partial charge in [-0.15, -0.1) is 0 Å². The quantitative estimate of drug-likeness (QED) is 0.677. The lowest BCUT2D eigenvalue weighted by Crippen LogP contribution is -2.35. The minimum absolute atomic E-state index is 0.235. The standard InChI is InChI=1S/C11H17N3O3/c1-7-2-4-14(5-3-7)6-8-9(15)12-11(17)13-10(8)16/h7H,2-6H2,1H3,(H3,12,13,15,16,17). The van der Waals surface area contributed by atoms with Crippen LogP contribution in [-0.2, 0) is 6.54 Å². The summed E-state index contributed by atoms with van der Waals surface area (Å²) in [6.45, 7) is 4.42. The maximum Gasteiger partial charge on any atom is 0.328 e. The number of likely N-dealkylation sites (tertiary alicyclic amines) is 1. The van der Waals surface area contributed by atoms with Crippen LogP contribution in [0.5, 0.6) is 5.88 Å². The fourth-order valence-corrected chi connectivity index (χ4v) is 2.09. The molecule has 1 aliphatic rings. The first kappa shape index (κ1) is 11.9. The monoisotopic (exact) mass is 239 g/mol. The molecule has 2 rings (SSSR count). The molecule has 1 aromatic rings. The number of piperidine rings is 1. The molecule has 0 amide bonds. The molecule has 2 heterocycles. The summed E-state index contributed by atoms with van der Waals surface area (Å²) in [6, 6.07) is 0. The smallest absolute Gasteiger partial charge is 0.328 e. The Morgan fingerprint density at radius 1 is 1.29 bits per heavy atom. The van der Waals surface area contributed by atoms with Gasteiger partial charge < -0.3 is 5.11 Å². The number of rotatable bonds is 2. The third kappa shape index (κ3) is 2.76. The first-order chi connectivity index (χ1) is 8.06. The van der Waals surface area contributed by atoms with Crippen LogP contribution in [0.2, 0.25) is 0 Å². The molecule has 6 nitrogen and oxygen atoms in total. The van der Waals surface area contributed by atoms with Crippen LogP contribution in [0.4, 0.5) is 0 Å². The van der Waals surface area contributed by atoms with Crippen molar-refractivity contribution in [3.05, 3.63) is 26.4 Å². The van der Waals surface area contributed by atoms with Crippen molar-refractivity contribution in [2.75, 3.05) is 13.1 Å². The van der Waals surface area contributed by atoms with E-state index in [9.17, 15) is 14.7 Å². The van der Waals surface area contributed by atoms with Crippen LogP contribution in [0, 0.1) is 5.92 Å². The lowest BCUT2D eigenvalue weighted by atomic mass is 9.99. The number of nitrogens with zero attached hydrogens (tertiary/aromatic N) is 1. The second-order valence-electron chi connectivity index (χ2n) is 4.69. The summed E-state index contributed by atoms with van der Waals surface area (Å²) in [4.78, 5) is 28.9. The average molecular weight is 239 g/mol. The van der Waals surface area contributed by atoms with Crippen LogP contribution in [0.25, 0.3) is 0 Å². The second-order valence-corrected chi connectivity index (χ2v) is 4.69. The predicted octanol–water partition coefficient (Wildman–Crippen LogP) is 0.000700. The highest BCUT2D eigenvalue weighted by Crippen LogP contribution is 2.18. The van der Waals surface area contributed by atoms with Crippen molar-refractivity contribution in [3.8, 4) is 5.88 Å². The predicted molar refractivity (Wildman–Crippen MR) is 63.0 cm³/mol. The van der Waals surface area contributed by atoms with Gasteiger partial charge in [-0.25, -0.2) is 4.79 Å². The minimum Gasteiger partial charge on any atom is -0.494 e. The van der Waals surface area contributed by atoms with E-state index in [1.54, 1.807) is 0 Å². The van der Waals surface area contributed by atoms with E-state index in [4.69, 9.17) is 0 Å². The van der Waals surface area contributed by atoms with Gasteiger partial charge in [-0.2, -0.15) is 0 Å². The molecule has 1 fully saturated rings. The van der Waals surface area contributed by atoms with Crippen molar-refractivity contribution < 1.29 is 5.11 Å². The van der Waals surface area contributed by atoms with E-state index in [0.717, 1.165) is 25.9 Å². The van der Waals surface area contributed by atoms with E-state index < -0.39 is 11.2 Å². The SMILES string of the molecule is CC1CCN(Cc2c(O)[nH]c(=O)[nH]c2=O)CC1. The molecule has 0 radical (unpaired) electrons. The Labute approximate surface area is 98.3 Å². The van der Waals surface area contributed by atoms with Crippen molar-refractivity contribution in [2.45, 2.75) is 26.3 Å². The van der Waals surface area contributed by atoms with Crippen LogP contribution < -0.4 is 11.2 Å². The lowest BCUT2D eigenvalue weighted by molar-refractivity contribution is 0.182. The highest BCUT2D eigenvalue weighted by Gasteiger charge is 2.18. The number of aromatic hydroxyl groups is 1. The zero-order valence-corrected chi connectivity index (χ0v) is 9.82. The Bertz CT molecular complexity index is 497. The van der Waals surface area contributed by atoms with Crippen molar-refractivity contribution in [1.82, 2.24) is 14.9 Å². The molecular weight excluding hydrogens is 222 g/mol. The Hall–Kier alpha value is -1.56. The summed E-state index contributed by atoms with van der Waals surface area (Å²) in [5, 5.41) is 9.55. The summed E-state index contributed by atoms with van der Waals surface area (Å²) in [5.41, 5.74) is -0.951. The molecule has 0 spiro atoms. The molecule has 0 bridgehead atoms. The average Bonchev–Trinajstić information content (AvgIpc) is 2.26.